The number of nitrogens with one attached hydrogen (secondary N) is 2. The van der Waals surface area contributed by atoms with E-state index in [1.165, 1.54) is 0 Å². The molecule has 0 saturated heterocycles. The van der Waals surface area contributed by atoms with Crippen molar-refractivity contribution < 1.29 is 9.53 Å². The highest BCUT2D eigenvalue weighted by atomic mass is 16.5. The van der Waals surface area contributed by atoms with Crippen molar-refractivity contribution in [1.29, 1.82) is 0 Å². The normalized spacial score (nSPS) is 11.3. The highest BCUT2D eigenvalue weighted by molar-refractivity contribution is 6.16. The summed E-state index contributed by atoms with van der Waals surface area (Å²) in [6.07, 6.45) is 5.43. The first-order valence-electron chi connectivity index (χ1n) is 10.9. The average molecular weight is 437 g/mol. The third-order valence-electron chi connectivity index (χ3n) is 5.75. The van der Waals surface area contributed by atoms with E-state index in [1.54, 1.807) is 13.3 Å². The van der Waals surface area contributed by atoms with Crippen LogP contribution in [-0.2, 0) is 4.79 Å². The first-order chi connectivity index (χ1) is 16.0. The molecule has 6 heteroatoms. The van der Waals surface area contributed by atoms with E-state index in [2.05, 4.69) is 26.3 Å². The van der Waals surface area contributed by atoms with Crippen molar-refractivity contribution in [3.05, 3.63) is 73.2 Å². The molecule has 2 aromatic carbocycles. The number of hydrogen-bond acceptors (Lipinski definition) is 4. The predicted octanol–water partition coefficient (Wildman–Crippen LogP) is 6.05. The Hall–Kier alpha value is -4.19. The number of aromatic nitrogens is 3. The summed E-state index contributed by atoms with van der Waals surface area (Å²) in [6.45, 7) is 3.75. The van der Waals surface area contributed by atoms with E-state index in [4.69, 9.17) is 4.74 Å². The number of hydrogen-bond donors (Lipinski definition) is 2. The van der Waals surface area contributed by atoms with E-state index < -0.39 is 0 Å². The van der Waals surface area contributed by atoms with Gasteiger partial charge in [-0.15, -0.1) is 0 Å². The van der Waals surface area contributed by atoms with Crippen LogP contribution in [-0.4, -0.2) is 28.0 Å². The van der Waals surface area contributed by atoms with Gasteiger partial charge in [-0.25, -0.2) is 0 Å². The van der Waals surface area contributed by atoms with Crippen molar-refractivity contribution >= 4 is 33.4 Å². The lowest BCUT2D eigenvalue weighted by Crippen LogP contribution is -2.17. The molecule has 0 radical (unpaired) electrons. The largest absolute Gasteiger partial charge is 0.496 e. The average Bonchev–Trinajstić information content (AvgIpc) is 3.22. The van der Waals surface area contributed by atoms with Crippen LogP contribution in [0.2, 0.25) is 0 Å². The van der Waals surface area contributed by atoms with Crippen molar-refractivity contribution in [2.24, 2.45) is 5.92 Å². The van der Waals surface area contributed by atoms with Crippen LogP contribution in [0.1, 0.15) is 13.8 Å². The Balaban J connectivity index is 1.68. The number of carbonyl (C=O) groups excluding carboxylic acids is 1. The molecule has 0 aliphatic carbocycles. The number of aromatic amines is 1. The number of anilines is 1. The molecule has 164 valence electrons. The molecule has 6 nitrogen and oxygen atoms in total. The number of fused-ring (bicyclic) bond motifs is 3. The molecule has 0 saturated carbocycles. The maximum absolute atomic E-state index is 12.1. The molecule has 3 aromatic heterocycles. The van der Waals surface area contributed by atoms with E-state index in [0.717, 1.165) is 55.6 Å². The third-order valence-corrected chi connectivity index (χ3v) is 5.75. The van der Waals surface area contributed by atoms with Crippen molar-refractivity contribution in [2.75, 3.05) is 12.4 Å². The molecule has 0 atom stereocenters. The number of ether oxygens (including phenoxy) is 1. The van der Waals surface area contributed by atoms with Gasteiger partial charge in [-0.3, -0.25) is 14.8 Å². The maximum atomic E-state index is 12.1. The van der Waals surface area contributed by atoms with Crippen molar-refractivity contribution in [1.82, 2.24) is 15.0 Å². The fourth-order valence-electron chi connectivity index (χ4n) is 4.01. The van der Waals surface area contributed by atoms with Crippen LogP contribution in [0.5, 0.6) is 5.75 Å². The molecule has 1 amide bonds. The molecule has 0 unspecified atom stereocenters. The summed E-state index contributed by atoms with van der Waals surface area (Å²) in [7, 11) is 1.68. The molecule has 33 heavy (non-hydrogen) atoms. The van der Waals surface area contributed by atoms with Crippen LogP contribution in [0.25, 0.3) is 44.2 Å². The van der Waals surface area contributed by atoms with Gasteiger partial charge in [0, 0.05) is 51.4 Å². The Morgan fingerprint density at radius 3 is 2.52 bits per heavy atom. The second-order valence-corrected chi connectivity index (χ2v) is 8.27. The molecule has 0 bridgehead atoms. The summed E-state index contributed by atoms with van der Waals surface area (Å²) in [5, 5.41) is 5.07. The lowest BCUT2D eigenvalue weighted by Gasteiger charge is -2.13. The molecule has 0 aliphatic heterocycles. The Morgan fingerprint density at radius 2 is 1.82 bits per heavy atom. The number of rotatable bonds is 5. The monoisotopic (exact) mass is 436 g/mol. The van der Waals surface area contributed by atoms with Gasteiger partial charge >= 0.3 is 0 Å². The second-order valence-electron chi connectivity index (χ2n) is 8.27. The molecular formula is C27H24N4O2. The van der Waals surface area contributed by atoms with Gasteiger partial charge in [-0.05, 0) is 48.0 Å². The van der Waals surface area contributed by atoms with Gasteiger partial charge in [-0.2, -0.15) is 0 Å². The summed E-state index contributed by atoms with van der Waals surface area (Å²) >= 11 is 0. The maximum Gasteiger partial charge on any atom is 0.226 e. The van der Waals surface area contributed by atoms with Crippen LogP contribution in [0, 0.1) is 5.92 Å². The van der Waals surface area contributed by atoms with Crippen LogP contribution in [0.4, 0.5) is 5.69 Å². The smallest absolute Gasteiger partial charge is 0.226 e. The van der Waals surface area contributed by atoms with Gasteiger partial charge in [0.2, 0.25) is 5.91 Å². The van der Waals surface area contributed by atoms with E-state index >= 15 is 0 Å². The summed E-state index contributed by atoms with van der Waals surface area (Å²) in [5.74, 6) is 0.698. The van der Waals surface area contributed by atoms with Crippen LogP contribution >= 0.6 is 0 Å². The Labute approximate surface area is 191 Å². The van der Waals surface area contributed by atoms with E-state index in [-0.39, 0.29) is 11.8 Å². The predicted molar refractivity (Wildman–Crippen MR) is 132 cm³/mol. The highest BCUT2D eigenvalue weighted by Crippen LogP contribution is 2.41. The molecule has 2 N–H and O–H groups in total. The minimum atomic E-state index is -0.0765. The summed E-state index contributed by atoms with van der Waals surface area (Å²) in [5.41, 5.74) is 6.54. The molecule has 0 fully saturated rings. The Morgan fingerprint density at radius 1 is 1.00 bits per heavy atom. The second kappa shape index (κ2) is 8.39. The Bertz CT molecular complexity index is 1460. The van der Waals surface area contributed by atoms with E-state index in [0.29, 0.717) is 0 Å². The standard InChI is InChI=1S/C27H24N4O2/c1-16(2)27(32)30-19-8-6-17(7-9-19)25-24(33-3)11-10-21-26(25)20-13-22(29-15-23(20)31-21)18-5-4-12-28-14-18/h4-16,31H,1-3H3,(H,30,32). The molecule has 5 aromatic rings. The number of pyridine rings is 2. The SMILES string of the molecule is COc1ccc2[nH]c3cnc(-c4cccnc4)cc3c2c1-c1ccc(NC(=O)C(C)C)cc1. The summed E-state index contributed by atoms with van der Waals surface area (Å²) < 4.78 is 5.76. The zero-order chi connectivity index (χ0) is 22.9. The van der Waals surface area contributed by atoms with Gasteiger partial charge < -0.3 is 15.0 Å². The van der Waals surface area contributed by atoms with Crippen LogP contribution < -0.4 is 10.1 Å². The van der Waals surface area contributed by atoms with E-state index in [9.17, 15) is 4.79 Å². The minimum Gasteiger partial charge on any atom is -0.496 e. The van der Waals surface area contributed by atoms with Gasteiger partial charge in [0.25, 0.3) is 0 Å². The van der Waals surface area contributed by atoms with Crippen molar-refractivity contribution in [3.63, 3.8) is 0 Å². The number of nitrogens with zero attached hydrogens (tertiary/aromatic N) is 2. The fourth-order valence-corrected chi connectivity index (χ4v) is 4.01. The highest BCUT2D eigenvalue weighted by Gasteiger charge is 2.17. The van der Waals surface area contributed by atoms with Gasteiger partial charge in [0.05, 0.1) is 24.5 Å². The number of H-pyrrole nitrogens is 1. The minimum absolute atomic E-state index is 0.00510. The zero-order valence-corrected chi connectivity index (χ0v) is 18.7. The van der Waals surface area contributed by atoms with Gasteiger partial charge in [0.15, 0.2) is 0 Å². The number of amides is 1. The fraction of sp³-hybridized carbons (Fsp3) is 0.148. The van der Waals surface area contributed by atoms with Crippen molar-refractivity contribution in [3.8, 4) is 28.1 Å². The summed E-state index contributed by atoms with van der Waals surface area (Å²) in [4.78, 5) is 24.4. The lowest BCUT2D eigenvalue weighted by atomic mass is 9.97. The Kier molecular flexibility index (Phi) is 5.26. The van der Waals surface area contributed by atoms with Crippen LogP contribution in [0.15, 0.2) is 73.2 Å². The quantitative estimate of drug-likeness (QED) is 0.352. The zero-order valence-electron chi connectivity index (χ0n) is 18.7. The summed E-state index contributed by atoms with van der Waals surface area (Å²) in [6, 6.07) is 17.9. The molecule has 0 spiro atoms. The molecule has 0 aliphatic rings. The van der Waals surface area contributed by atoms with E-state index in [1.807, 2.05) is 74.8 Å². The topological polar surface area (TPSA) is 79.9 Å². The van der Waals surface area contributed by atoms with Crippen LogP contribution in [0.3, 0.4) is 0 Å². The number of methoxy groups -OCH3 is 1. The van der Waals surface area contributed by atoms with Crippen molar-refractivity contribution in [2.45, 2.75) is 13.8 Å². The molecule has 5 rings (SSSR count). The molecular weight excluding hydrogens is 412 g/mol. The first-order valence-corrected chi connectivity index (χ1v) is 10.9. The van der Waals surface area contributed by atoms with Gasteiger partial charge in [0.1, 0.15) is 5.75 Å². The first kappa shape index (κ1) is 20.7. The number of carbonyl (C=O) groups is 1. The van der Waals surface area contributed by atoms with Gasteiger partial charge in [-0.1, -0.05) is 26.0 Å². The third kappa shape index (κ3) is 3.80. The number of benzene rings is 2. The lowest BCUT2D eigenvalue weighted by molar-refractivity contribution is -0.118. The molecule has 3 heterocycles.